The topological polar surface area (TPSA) is 70.3 Å². The summed E-state index contributed by atoms with van der Waals surface area (Å²) in [5.41, 5.74) is 6.62. The van der Waals surface area contributed by atoms with Crippen LogP contribution < -0.4 is 5.46 Å². The Bertz CT molecular complexity index is 2150. The number of hydrogen-bond acceptors (Lipinski definition) is 6. The van der Waals surface area contributed by atoms with Gasteiger partial charge in [-0.25, -0.2) is 15.0 Å². The molecular weight excluding hydrogens is 569 g/mol. The average molecular weight is 604 g/mol. The van der Waals surface area contributed by atoms with Crippen molar-refractivity contribution in [3.63, 3.8) is 0 Å². The fraction of sp³-hybridized carbons (Fsp3) is 0.205. The molecule has 3 heterocycles. The molecule has 0 unspecified atom stereocenters. The van der Waals surface area contributed by atoms with E-state index < -0.39 is 18.3 Å². The van der Waals surface area contributed by atoms with Gasteiger partial charge in [0.2, 0.25) is 0 Å². The predicted octanol–water partition coefficient (Wildman–Crippen LogP) is 8.80. The Morgan fingerprint density at radius 2 is 1.26 bits per heavy atom. The SMILES string of the molecule is CC1(C)OB(c2cc(-c3ccc(-c4nc(C5=CCCC=C5)nc(-c5ccccc5)n4)cc3)c3oc4ccccc4c3c2)OC1(C)C. The van der Waals surface area contributed by atoms with Gasteiger partial charge in [-0.05, 0) is 57.6 Å². The largest absolute Gasteiger partial charge is 0.494 e. The molecule has 1 aliphatic carbocycles. The van der Waals surface area contributed by atoms with Crippen molar-refractivity contribution in [2.45, 2.75) is 51.7 Å². The summed E-state index contributed by atoms with van der Waals surface area (Å²) in [5, 5.41) is 2.09. The van der Waals surface area contributed by atoms with Crippen molar-refractivity contribution in [1.29, 1.82) is 0 Å². The van der Waals surface area contributed by atoms with E-state index in [0.717, 1.165) is 68.1 Å². The molecule has 0 bridgehead atoms. The molecule has 6 aromatic rings. The highest BCUT2D eigenvalue weighted by Gasteiger charge is 2.52. The monoisotopic (exact) mass is 603 g/mol. The van der Waals surface area contributed by atoms with E-state index in [4.69, 9.17) is 28.7 Å². The van der Waals surface area contributed by atoms with Crippen molar-refractivity contribution < 1.29 is 13.7 Å². The van der Waals surface area contributed by atoms with Crippen LogP contribution in [-0.2, 0) is 9.31 Å². The van der Waals surface area contributed by atoms with Crippen molar-refractivity contribution >= 4 is 40.1 Å². The second-order valence-corrected chi connectivity index (χ2v) is 13.0. The van der Waals surface area contributed by atoms with Gasteiger partial charge in [0.1, 0.15) is 11.2 Å². The van der Waals surface area contributed by atoms with Crippen molar-refractivity contribution in [2.75, 3.05) is 0 Å². The zero-order valence-electron chi connectivity index (χ0n) is 26.5. The van der Waals surface area contributed by atoms with Crippen molar-refractivity contribution in [2.24, 2.45) is 0 Å². The number of rotatable bonds is 5. The molecule has 226 valence electrons. The quantitative estimate of drug-likeness (QED) is 0.184. The smallest absolute Gasteiger partial charge is 0.455 e. The van der Waals surface area contributed by atoms with Crippen LogP contribution in [0.3, 0.4) is 0 Å². The normalized spacial score (nSPS) is 17.1. The van der Waals surface area contributed by atoms with Gasteiger partial charge in [0, 0.05) is 33.0 Å². The van der Waals surface area contributed by atoms with Crippen LogP contribution in [0.15, 0.2) is 114 Å². The summed E-state index contributed by atoms with van der Waals surface area (Å²) in [5.74, 6) is 1.97. The first-order valence-corrected chi connectivity index (χ1v) is 15.9. The molecule has 0 saturated carbocycles. The van der Waals surface area contributed by atoms with E-state index in [1.807, 2.05) is 48.5 Å². The third kappa shape index (κ3) is 4.96. The van der Waals surface area contributed by atoms with Gasteiger partial charge in [-0.1, -0.05) is 103 Å². The van der Waals surface area contributed by atoms with Crippen LogP contribution in [0.5, 0.6) is 0 Å². The molecule has 1 fully saturated rings. The van der Waals surface area contributed by atoms with Gasteiger partial charge >= 0.3 is 7.12 Å². The van der Waals surface area contributed by atoms with Gasteiger partial charge in [-0.15, -0.1) is 0 Å². The molecular formula is C39H34BN3O3. The maximum Gasteiger partial charge on any atom is 0.494 e. The maximum absolute atomic E-state index is 6.48. The Balaban J connectivity index is 1.24. The number of allylic oxidation sites excluding steroid dienone is 4. The van der Waals surface area contributed by atoms with Crippen molar-refractivity contribution in [3.8, 4) is 33.9 Å². The average Bonchev–Trinajstić information content (AvgIpc) is 3.57. The fourth-order valence-corrected chi connectivity index (χ4v) is 6.11. The molecule has 1 saturated heterocycles. The Morgan fingerprint density at radius 1 is 0.630 bits per heavy atom. The van der Waals surface area contributed by atoms with E-state index in [2.05, 4.69) is 88.4 Å². The Hall–Kier alpha value is -4.85. The number of furan rings is 1. The highest BCUT2D eigenvalue weighted by molar-refractivity contribution is 6.62. The molecule has 8 rings (SSSR count). The third-order valence-electron chi connectivity index (χ3n) is 9.40. The van der Waals surface area contributed by atoms with Crippen LogP contribution in [0.4, 0.5) is 0 Å². The van der Waals surface area contributed by atoms with E-state index in [-0.39, 0.29) is 0 Å². The molecule has 46 heavy (non-hydrogen) atoms. The minimum Gasteiger partial charge on any atom is -0.455 e. The van der Waals surface area contributed by atoms with Crippen LogP contribution >= 0.6 is 0 Å². The van der Waals surface area contributed by atoms with Gasteiger partial charge < -0.3 is 13.7 Å². The lowest BCUT2D eigenvalue weighted by molar-refractivity contribution is 0.00578. The lowest BCUT2D eigenvalue weighted by Gasteiger charge is -2.32. The minimum atomic E-state index is -0.496. The lowest BCUT2D eigenvalue weighted by Crippen LogP contribution is -2.41. The van der Waals surface area contributed by atoms with Gasteiger partial charge in [0.05, 0.1) is 11.2 Å². The summed E-state index contributed by atoms with van der Waals surface area (Å²) in [6, 6.07) is 30.9. The number of aromatic nitrogens is 3. The number of para-hydroxylation sites is 1. The number of hydrogen-bond donors (Lipinski definition) is 0. The second kappa shape index (κ2) is 10.9. The number of benzene rings is 4. The van der Waals surface area contributed by atoms with Crippen LogP contribution in [0.25, 0.3) is 61.4 Å². The van der Waals surface area contributed by atoms with Crippen LogP contribution in [0, 0.1) is 0 Å². The van der Waals surface area contributed by atoms with Crippen LogP contribution in [0.1, 0.15) is 46.4 Å². The summed E-state index contributed by atoms with van der Waals surface area (Å²) in [7, 11) is -0.496. The van der Waals surface area contributed by atoms with E-state index in [0.29, 0.717) is 17.5 Å². The first kappa shape index (κ1) is 28.6. The molecule has 0 spiro atoms. The van der Waals surface area contributed by atoms with E-state index in [9.17, 15) is 0 Å². The van der Waals surface area contributed by atoms with E-state index >= 15 is 0 Å². The summed E-state index contributed by atoms with van der Waals surface area (Å²) in [6.45, 7) is 8.31. The first-order chi connectivity index (χ1) is 22.3. The van der Waals surface area contributed by atoms with Crippen molar-refractivity contribution in [3.05, 3.63) is 115 Å². The molecule has 6 nitrogen and oxygen atoms in total. The molecule has 1 aliphatic heterocycles. The zero-order valence-corrected chi connectivity index (χ0v) is 26.5. The third-order valence-corrected chi connectivity index (χ3v) is 9.40. The number of nitrogens with zero attached hydrogens (tertiary/aromatic N) is 3. The molecule has 0 atom stereocenters. The van der Waals surface area contributed by atoms with E-state index in [1.165, 1.54) is 0 Å². The highest BCUT2D eigenvalue weighted by Crippen LogP contribution is 2.39. The molecule has 2 aliphatic rings. The second-order valence-electron chi connectivity index (χ2n) is 13.0. The maximum atomic E-state index is 6.48. The minimum absolute atomic E-state index is 0.446. The van der Waals surface area contributed by atoms with Gasteiger partial charge in [-0.2, -0.15) is 0 Å². The van der Waals surface area contributed by atoms with Crippen LogP contribution in [0.2, 0.25) is 0 Å². The van der Waals surface area contributed by atoms with E-state index in [1.54, 1.807) is 0 Å². The molecule has 7 heteroatoms. The molecule has 0 N–H and O–H groups in total. The molecule has 4 aromatic carbocycles. The molecule has 0 radical (unpaired) electrons. The summed E-state index contributed by atoms with van der Waals surface area (Å²) >= 11 is 0. The Morgan fingerprint density at radius 3 is 1.96 bits per heavy atom. The van der Waals surface area contributed by atoms with Gasteiger partial charge in [-0.3, -0.25) is 0 Å². The number of fused-ring (bicyclic) bond motifs is 3. The predicted molar refractivity (Wildman–Crippen MR) is 185 cm³/mol. The Labute approximate surface area is 269 Å². The molecule has 2 aromatic heterocycles. The summed E-state index contributed by atoms with van der Waals surface area (Å²) in [6.07, 6.45) is 8.48. The standard InChI is InChI=1S/C39H34BN3O3/c1-38(2)39(3,4)46-40(45-38)29-23-31(34-32(24-29)30-17-11-12-18-33(30)44-34)25-19-21-28(22-20-25)37-42-35(26-13-7-5-8-14-26)41-36(43-37)27-15-9-6-10-16-27/h5,7-9,11-24H,6,10H2,1-4H3. The first-order valence-electron chi connectivity index (χ1n) is 15.9. The fourth-order valence-electron chi connectivity index (χ4n) is 6.11. The zero-order chi connectivity index (χ0) is 31.5. The summed E-state index contributed by atoms with van der Waals surface area (Å²) < 4.78 is 19.4. The van der Waals surface area contributed by atoms with Gasteiger partial charge in [0.25, 0.3) is 0 Å². The molecule has 0 amide bonds. The lowest BCUT2D eigenvalue weighted by atomic mass is 9.77. The van der Waals surface area contributed by atoms with Crippen molar-refractivity contribution in [1.82, 2.24) is 15.0 Å². The summed E-state index contributed by atoms with van der Waals surface area (Å²) in [4.78, 5) is 14.7. The Kier molecular flexibility index (Phi) is 6.78. The van der Waals surface area contributed by atoms with Gasteiger partial charge in [0.15, 0.2) is 17.5 Å². The highest BCUT2D eigenvalue weighted by atomic mass is 16.7. The van der Waals surface area contributed by atoms with Crippen LogP contribution in [-0.4, -0.2) is 33.3 Å².